The Morgan fingerprint density at radius 3 is 2.53 bits per heavy atom. The standard InChI is InChI=1S/C10H11ClN2O2/c1-8(11)6-12-7-9-2-4-10(5-3-9)13(14)15/h2-5,12H,1,6-7H2. The predicted molar refractivity (Wildman–Crippen MR) is 59.8 cm³/mol. The van der Waals surface area contributed by atoms with Gasteiger partial charge in [0.15, 0.2) is 0 Å². The minimum atomic E-state index is -0.419. The molecule has 1 rings (SSSR count). The summed E-state index contributed by atoms with van der Waals surface area (Å²) in [5, 5.41) is 14.0. The zero-order valence-corrected chi connectivity index (χ0v) is 8.83. The number of nitro benzene ring substituents is 1. The monoisotopic (exact) mass is 226 g/mol. The molecule has 0 amide bonds. The topological polar surface area (TPSA) is 55.2 Å². The molecule has 0 unspecified atom stereocenters. The average molecular weight is 227 g/mol. The van der Waals surface area contributed by atoms with Crippen LogP contribution in [-0.4, -0.2) is 11.5 Å². The van der Waals surface area contributed by atoms with Crippen LogP contribution in [0.4, 0.5) is 5.69 Å². The SMILES string of the molecule is C=C(Cl)CNCc1ccc([N+](=O)[O-])cc1. The normalized spacial score (nSPS) is 9.93. The molecule has 0 heterocycles. The maximum absolute atomic E-state index is 10.4. The summed E-state index contributed by atoms with van der Waals surface area (Å²) in [6, 6.07) is 6.38. The molecule has 4 nitrogen and oxygen atoms in total. The van der Waals surface area contributed by atoms with E-state index in [-0.39, 0.29) is 5.69 Å². The largest absolute Gasteiger partial charge is 0.308 e. The van der Waals surface area contributed by atoms with Gasteiger partial charge in [0, 0.05) is 30.3 Å². The highest BCUT2D eigenvalue weighted by molar-refractivity contribution is 6.29. The molecule has 15 heavy (non-hydrogen) atoms. The van der Waals surface area contributed by atoms with Crippen molar-refractivity contribution in [3.8, 4) is 0 Å². The minimum absolute atomic E-state index is 0.0977. The maximum atomic E-state index is 10.4. The summed E-state index contributed by atoms with van der Waals surface area (Å²) < 4.78 is 0. The van der Waals surface area contributed by atoms with Crippen molar-refractivity contribution < 1.29 is 4.92 Å². The van der Waals surface area contributed by atoms with Crippen LogP contribution in [0.15, 0.2) is 35.9 Å². The van der Waals surface area contributed by atoms with Gasteiger partial charge in [0.25, 0.3) is 5.69 Å². The lowest BCUT2D eigenvalue weighted by molar-refractivity contribution is -0.384. The van der Waals surface area contributed by atoms with Crippen LogP contribution in [0.5, 0.6) is 0 Å². The molecule has 0 spiro atoms. The van der Waals surface area contributed by atoms with Crippen LogP contribution >= 0.6 is 11.6 Å². The number of nitrogens with one attached hydrogen (secondary N) is 1. The van der Waals surface area contributed by atoms with Crippen molar-refractivity contribution in [3.63, 3.8) is 0 Å². The van der Waals surface area contributed by atoms with E-state index < -0.39 is 4.92 Å². The second kappa shape index (κ2) is 5.48. The second-order valence-corrected chi connectivity index (χ2v) is 3.58. The third-order valence-corrected chi connectivity index (χ3v) is 1.93. The molecule has 1 aromatic carbocycles. The highest BCUT2D eigenvalue weighted by atomic mass is 35.5. The lowest BCUT2D eigenvalue weighted by Gasteiger charge is -2.02. The van der Waals surface area contributed by atoms with Gasteiger partial charge in [-0.2, -0.15) is 0 Å². The molecule has 0 aliphatic rings. The third-order valence-electron chi connectivity index (χ3n) is 1.79. The van der Waals surface area contributed by atoms with Crippen molar-refractivity contribution in [2.75, 3.05) is 6.54 Å². The summed E-state index contributed by atoms with van der Waals surface area (Å²) in [5.41, 5.74) is 1.07. The molecule has 80 valence electrons. The van der Waals surface area contributed by atoms with Crippen LogP contribution in [0.25, 0.3) is 0 Å². The Morgan fingerprint density at radius 1 is 1.47 bits per heavy atom. The van der Waals surface area contributed by atoms with Crippen LogP contribution in [0.3, 0.4) is 0 Å². The van der Waals surface area contributed by atoms with Gasteiger partial charge in [0.2, 0.25) is 0 Å². The van der Waals surface area contributed by atoms with Crippen LogP contribution in [0, 0.1) is 10.1 Å². The van der Waals surface area contributed by atoms with Gasteiger partial charge in [-0.1, -0.05) is 30.3 Å². The number of nitrogens with zero attached hydrogens (tertiary/aromatic N) is 1. The van der Waals surface area contributed by atoms with E-state index in [1.807, 2.05) is 0 Å². The van der Waals surface area contributed by atoms with Gasteiger partial charge in [-0.25, -0.2) is 0 Å². The molecule has 0 saturated heterocycles. The van der Waals surface area contributed by atoms with Crippen LogP contribution < -0.4 is 5.32 Å². The summed E-state index contributed by atoms with van der Waals surface area (Å²) in [7, 11) is 0. The van der Waals surface area contributed by atoms with Crippen LogP contribution in [-0.2, 0) is 6.54 Å². The number of hydrogen-bond donors (Lipinski definition) is 1. The number of rotatable bonds is 5. The van der Waals surface area contributed by atoms with E-state index in [4.69, 9.17) is 11.6 Å². The summed E-state index contributed by atoms with van der Waals surface area (Å²) in [5.74, 6) is 0. The quantitative estimate of drug-likeness (QED) is 0.620. The number of non-ortho nitro benzene ring substituents is 1. The van der Waals surface area contributed by atoms with E-state index in [9.17, 15) is 10.1 Å². The lowest BCUT2D eigenvalue weighted by Crippen LogP contribution is -2.14. The van der Waals surface area contributed by atoms with E-state index in [0.717, 1.165) is 5.56 Å². The number of nitro groups is 1. The summed E-state index contributed by atoms with van der Waals surface area (Å²) in [6.45, 7) is 4.68. The fraction of sp³-hybridized carbons (Fsp3) is 0.200. The van der Waals surface area contributed by atoms with Crippen molar-refractivity contribution in [1.82, 2.24) is 5.32 Å². The van der Waals surface area contributed by atoms with Crippen LogP contribution in [0.1, 0.15) is 5.56 Å². The lowest BCUT2D eigenvalue weighted by atomic mass is 10.2. The summed E-state index contributed by atoms with van der Waals surface area (Å²) >= 11 is 5.56. The first-order chi connectivity index (χ1) is 7.09. The number of hydrogen-bond acceptors (Lipinski definition) is 3. The Hall–Kier alpha value is -1.39. The second-order valence-electron chi connectivity index (χ2n) is 3.04. The summed E-state index contributed by atoms with van der Waals surface area (Å²) in [4.78, 5) is 9.96. The van der Waals surface area contributed by atoms with E-state index >= 15 is 0 Å². The smallest absolute Gasteiger partial charge is 0.269 e. The van der Waals surface area contributed by atoms with Crippen molar-refractivity contribution in [2.45, 2.75) is 6.54 Å². The molecule has 0 atom stereocenters. The Labute approximate surface area is 92.7 Å². The number of benzene rings is 1. The first-order valence-electron chi connectivity index (χ1n) is 4.37. The fourth-order valence-electron chi connectivity index (χ4n) is 1.08. The van der Waals surface area contributed by atoms with Gasteiger partial charge in [-0.05, 0) is 5.56 Å². The molecule has 5 heteroatoms. The Kier molecular flexibility index (Phi) is 4.27. The van der Waals surface area contributed by atoms with E-state index in [1.54, 1.807) is 12.1 Å². The molecule has 0 radical (unpaired) electrons. The first-order valence-corrected chi connectivity index (χ1v) is 4.74. The molecule has 0 aromatic heterocycles. The first kappa shape index (κ1) is 11.7. The molecular weight excluding hydrogens is 216 g/mol. The van der Waals surface area contributed by atoms with Gasteiger partial charge >= 0.3 is 0 Å². The molecule has 1 aromatic rings. The van der Waals surface area contributed by atoms with Crippen molar-refractivity contribution in [1.29, 1.82) is 0 Å². The Morgan fingerprint density at radius 2 is 2.07 bits per heavy atom. The molecule has 0 fully saturated rings. The van der Waals surface area contributed by atoms with Gasteiger partial charge < -0.3 is 5.32 Å². The molecular formula is C10H11ClN2O2. The van der Waals surface area contributed by atoms with Gasteiger partial charge in [0.1, 0.15) is 0 Å². The van der Waals surface area contributed by atoms with Crippen molar-refractivity contribution >= 4 is 17.3 Å². The Balaban J connectivity index is 2.50. The average Bonchev–Trinajstić information content (AvgIpc) is 2.18. The molecule has 1 N–H and O–H groups in total. The highest BCUT2D eigenvalue weighted by Gasteiger charge is 2.03. The van der Waals surface area contributed by atoms with E-state index in [2.05, 4.69) is 11.9 Å². The summed E-state index contributed by atoms with van der Waals surface area (Å²) in [6.07, 6.45) is 0. The molecule has 0 aliphatic carbocycles. The van der Waals surface area contributed by atoms with Crippen LogP contribution in [0.2, 0.25) is 0 Å². The van der Waals surface area contributed by atoms with Gasteiger partial charge in [-0.3, -0.25) is 10.1 Å². The highest BCUT2D eigenvalue weighted by Crippen LogP contribution is 2.11. The maximum Gasteiger partial charge on any atom is 0.269 e. The zero-order chi connectivity index (χ0) is 11.3. The Bertz CT molecular complexity index is 362. The minimum Gasteiger partial charge on any atom is -0.308 e. The predicted octanol–water partition coefficient (Wildman–Crippen LogP) is 2.44. The zero-order valence-electron chi connectivity index (χ0n) is 8.07. The van der Waals surface area contributed by atoms with E-state index in [1.165, 1.54) is 12.1 Å². The van der Waals surface area contributed by atoms with E-state index in [0.29, 0.717) is 18.1 Å². The van der Waals surface area contributed by atoms with Crippen molar-refractivity contribution in [2.24, 2.45) is 0 Å². The third kappa shape index (κ3) is 4.10. The van der Waals surface area contributed by atoms with Gasteiger partial charge in [-0.15, -0.1) is 0 Å². The number of halogens is 1. The fourth-order valence-corrected chi connectivity index (χ4v) is 1.17. The molecule has 0 saturated carbocycles. The molecule has 0 aliphatic heterocycles. The molecule has 0 bridgehead atoms. The van der Waals surface area contributed by atoms with Gasteiger partial charge in [0.05, 0.1) is 4.92 Å². The van der Waals surface area contributed by atoms with Crippen molar-refractivity contribution in [3.05, 3.63) is 51.6 Å².